The second kappa shape index (κ2) is 23.3. The second-order valence-electron chi connectivity index (χ2n) is 18.0. The van der Waals surface area contributed by atoms with Crippen molar-refractivity contribution in [3.05, 3.63) is 173 Å². The minimum absolute atomic E-state index is 0.233. The van der Waals surface area contributed by atoms with Crippen LogP contribution in [0.3, 0.4) is 0 Å². The molecule has 0 unspecified atom stereocenters. The Labute approximate surface area is 383 Å². The monoisotopic (exact) mass is 886 g/mol. The topological polar surface area (TPSA) is 201 Å². The Bertz CT molecular complexity index is 2160. The molecule has 7 N–H and O–H groups in total. The molecule has 4 fully saturated rings. The third-order valence-corrected chi connectivity index (χ3v) is 13.6. The quantitative estimate of drug-likeness (QED) is 0.0711. The van der Waals surface area contributed by atoms with Crippen LogP contribution in [0.5, 0.6) is 0 Å². The molecule has 4 aliphatic rings. The molecular formula is C54H66N2O9. The van der Waals surface area contributed by atoms with E-state index in [1.54, 1.807) is 91.0 Å². The number of aromatic carboxylic acids is 3. The van der Waals surface area contributed by atoms with Crippen LogP contribution in [0.2, 0.25) is 0 Å². The van der Waals surface area contributed by atoms with E-state index in [9.17, 15) is 29.7 Å². The summed E-state index contributed by atoms with van der Waals surface area (Å²) in [5.74, 6) is -0.114. The minimum Gasteiger partial charge on any atom is -0.478 e. The molecule has 11 nitrogen and oxygen atoms in total. The summed E-state index contributed by atoms with van der Waals surface area (Å²) in [6, 6.07) is 24.9. The standard InChI is InChI=1S/C33H48N2O3.3C7H6O2/c1-5-7-25-20-34-31(35-25)33(16-17-33)30(38)14-9-21(2)27-12-13-28-23(8-6-15-32(27,28)4)10-11-24-18-26(36)19-29(37)22(24)3;3*8-7(9)6-4-2-1-3-5-6/h9-11,14,20-21,26-30,36-38H,3,5-8,12-13,15-19H2,1-2,4H3,(H,34,35);3*1-5H,(H,8,9)/b14-9+,23-10+,24-11-;;;/t21-,26-,27-,28+,29+,30+,32-;;;/m1.../s1. The number of H-pyrrole nitrogens is 1. The molecule has 0 saturated heterocycles. The lowest BCUT2D eigenvalue weighted by atomic mass is 9.61. The molecule has 4 aromatic rings. The molecule has 4 saturated carbocycles. The number of fused-ring (bicyclic) bond motifs is 1. The number of aliphatic hydroxyl groups is 3. The van der Waals surface area contributed by atoms with Crippen LogP contribution in [0.25, 0.3) is 0 Å². The number of hydrogen-bond acceptors (Lipinski definition) is 7. The van der Waals surface area contributed by atoms with Crippen LogP contribution in [0.1, 0.15) is 128 Å². The summed E-state index contributed by atoms with van der Waals surface area (Å²) < 4.78 is 0. The van der Waals surface area contributed by atoms with Gasteiger partial charge in [0, 0.05) is 18.3 Å². The molecule has 11 heteroatoms. The number of carboxylic acids is 3. The molecule has 0 spiro atoms. The van der Waals surface area contributed by atoms with E-state index in [1.165, 1.54) is 37.0 Å². The Kier molecular flexibility index (Phi) is 18.0. The van der Waals surface area contributed by atoms with Crippen molar-refractivity contribution in [2.45, 2.75) is 115 Å². The fraction of sp³-hybridized carbons (Fsp3) is 0.407. The highest BCUT2D eigenvalue weighted by Crippen LogP contribution is 2.60. The lowest BCUT2D eigenvalue weighted by Crippen LogP contribution is -2.35. The van der Waals surface area contributed by atoms with Crippen LogP contribution in [-0.4, -0.2) is 76.8 Å². The van der Waals surface area contributed by atoms with Gasteiger partial charge in [-0.3, -0.25) is 0 Å². The van der Waals surface area contributed by atoms with Crippen molar-refractivity contribution >= 4 is 17.9 Å². The van der Waals surface area contributed by atoms with Crippen LogP contribution in [0.4, 0.5) is 0 Å². The molecular weight excluding hydrogens is 821 g/mol. The molecule has 8 rings (SSSR count). The fourth-order valence-electron chi connectivity index (χ4n) is 9.77. The average molecular weight is 887 g/mol. The number of nitrogens with zero attached hydrogens (tertiary/aromatic N) is 1. The predicted molar refractivity (Wildman–Crippen MR) is 253 cm³/mol. The number of carboxylic acid groups (broad SMARTS) is 3. The van der Waals surface area contributed by atoms with Crippen molar-refractivity contribution in [3.63, 3.8) is 0 Å². The summed E-state index contributed by atoms with van der Waals surface area (Å²) in [6.07, 6.45) is 20.1. The van der Waals surface area contributed by atoms with Gasteiger partial charge in [0.05, 0.1) is 40.4 Å². The molecule has 65 heavy (non-hydrogen) atoms. The van der Waals surface area contributed by atoms with E-state index < -0.39 is 36.2 Å². The van der Waals surface area contributed by atoms with E-state index in [-0.39, 0.29) is 10.8 Å². The largest absolute Gasteiger partial charge is 0.478 e. The smallest absolute Gasteiger partial charge is 0.335 e. The molecule has 0 radical (unpaired) electrons. The van der Waals surface area contributed by atoms with Gasteiger partial charge in [-0.15, -0.1) is 0 Å². The van der Waals surface area contributed by atoms with E-state index in [4.69, 9.17) is 15.3 Å². The molecule has 7 atom stereocenters. The van der Waals surface area contributed by atoms with Gasteiger partial charge >= 0.3 is 17.9 Å². The lowest BCUT2D eigenvalue weighted by molar-refractivity contribution is 0.0686. The summed E-state index contributed by atoms with van der Waals surface area (Å²) in [7, 11) is 0. The van der Waals surface area contributed by atoms with Gasteiger partial charge in [0.2, 0.25) is 0 Å². The zero-order chi connectivity index (χ0) is 47.1. The second-order valence-corrected chi connectivity index (χ2v) is 18.0. The summed E-state index contributed by atoms with van der Waals surface area (Å²) in [5, 5.41) is 56.7. The number of aromatic amines is 1. The van der Waals surface area contributed by atoms with Gasteiger partial charge in [-0.2, -0.15) is 0 Å². The highest BCUT2D eigenvalue weighted by Gasteiger charge is 2.53. The highest BCUT2D eigenvalue weighted by atomic mass is 16.4. The van der Waals surface area contributed by atoms with Gasteiger partial charge in [0.25, 0.3) is 0 Å². The summed E-state index contributed by atoms with van der Waals surface area (Å²) in [6.45, 7) is 11.1. The van der Waals surface area contributed by atoms with Gasteiger partial charge < -0.3 is 35.6 Å². The number of carbonyl (C=O) groups is 3. The van der Waals surface area contributed by atoms with Gasteiger partial charge in [-0.25, -0.2) is 19.4 Å². The molecule has 1 aromatic heterocycles. The summed E-state index contributed by atoms with van der Waals surface area (Å²) >= 11 is 0. The van der Waals surface area contributed by atoms with E-state index in [1.807, 2.05) is 6.20 Å². The van der Waals surface area contributed by atoms with E-state index in [2.05, 4.69) is 61.6 Å². The Morgan fingerprint density at radius 1 is 0.815 bits per heavy atom. The predicted octanol–water partition coefficient (Wildman–Crippen LogP) is 10.2. The first-order chi connectivity index (χ1) is 31.1. The first kappa shape index (κ1) is 50.1. The van der Waals surface area contributed by atoms with Crippen molar-refractivity contribution in [1.29, 1.82) is 0 Å². The SMILES string of the molecule is C=C1/C(=C\C=C2/CCC[C@]3(C)[C@@H]([C@H](C)/C=C/[C@H](O)C4(c5ncc(CCC)[nH]5)CC4)CC[C@@H]23)C[C@@H](O)C[C@@H]1O.O=C(O)c1ccccc1.O=C(O)c1ccccc1.O=C(O)c1ccccc1. The van der Waals surface area contributed by atoms with Crippen molar-refractivity contribution in [2.24, 2.45) is 23.2 Å². The van der Waals surface area contributed by atoms with Gasteiger partial charge in [0.1, 0.15) is 5.82 Å². The van der Waals surface area contributed by atoms with E-state index in [0.717, 1.165) is 49.1 Å². The molecule has 346 valence electrons. The van der Waals surface area contributed by atoms with Crippen LogP contribution < -0.4 is 0 Å². The molecule has 1 heterocycles. The number of rotatable bonds is 11. The normalized spacial score (nSPS) is 25.1. The number of benzene rings is 3. The first-order valence-corrected chi connectivity index (χ1v) is 22.8. The van der Waals surface area contributed by atoms with Crippen LogP contribution in [0.15, 0.2) is 145 Å². The molecule has 0 amide bonds. The number of allylic oxidation sites excluding steroid dienone is 4. The Morgan fingerprint density at radius 3 is 1.83 bits per heavy atom. The average Bonchev–Trinajstić information content (AvgIpc) is 3.84. The fourth-order valence-corrected chi connectivity index (χ4v) is 9.77. The maximum absolute atomic E-state index is 11.2. The molecule has 0 aliphatic heterocycles. The number of hydrogen-bond donors (Lipinski definition) is 7. The van der Waals surface area contributed by atoms with Crippen molar-refractivity contribution in [3.8, 4) is 0 Å². The van der Waals surface area contributed by atoms with Crippen molar-refractivity contribution in [1.82, 2.24) is 9.97 Å². The Hall–Kier alpha value is -5.88. The Morgan fingerprint density at radius 2 is 1.35 bits per heavy atom. The number of aryl methyl sites for hydroxylation is 1. The van der Waals surface area contributed by atoms with Gasteiger partial charge in [-0.1, -0.05) is 118 Å². The lowest BCUT2D eigenvalue weighted by Gasteiger charge is -2.44. The highest BCUT2D eigenvalue weighted by molar-refractivity contribution is 5.88. The third kappa shape index (κ3) is 13.3. The maximum Gasteiger partial charge on any atom is 0.335 e. The van der Waals surface area contributed by atoms with Gasteiger partial charge in [-0.05, 0) is 129 Å². The molecule has 4 aliphatic carbocycles. The number of aromatic nitrogens is 2. The zero-order valence-corrected chi connectivity index (χ0v) is 37.9. The van der Waals surface area contributed by atoms with Crippen molar-refractivity contribution in [2.75, 3.05) is 0 Å². The first-order valence-electron chi connectivity index (χ1n) is 22.8. The maximum atomic E-state index is 11.2. The van der Waals surface area contributed by atoms with E-state index in [0.29, 0.717) is 47.3 Å². The van der Waals surface area contributed by atoms with Crippen LogP contribution in [-0.2, 0) is 11.8 Å². The zero-order valence-electron chi connectivity index (χ0n) is 37.9. The molecule has 0 bridgehead atoms. The summed E-state index contributed by atoms with van der Waals surface area (Å²) in [4.78, 5) is 38.7. The van der Waals surface area contributed by atoms with Crippen LogP contribution >= 0.6 is 0 Å². The molecule has 3 aromatic carbocycles. The summed E-state index contributed by atoms with van der Waals surface area (Å²) in [5.41, 5.74) is 5.45. The van der Waals surface area contributed by atoms with E-state index >= 15 is 0 Å². The number of nitrogens with one attached hydrogen (secondary N) is 1. The van der Waals surface area contributed by atoms with Gasteiger partial charge in [0.15, 0.2) is 0 Å². The van der Waals surface area contributed by atoms with Crippen molar-refractivity contribution < 1.29 is 45.0 Å². The number of aliphatic hydroxyl groups excluding tert-OH is 3. The van der Waals surface area contributed by atoms with Crippen LogP contribution in [0, 0.1) is 23.2 Å². The Balaban J connectivity index is 0.000000234. The third-order valence-electron chi connectivity index (χ3n) is 13.6. The number of imidazole rings is 1. The minimum atomic E-state index is -0.879.